The summed E-state index contributed by atoms with van der Waals surface area (Å²) >= 11 is 1.28. The van der Waals surface area contributed by atoms with Crippen molar-refractivity contribution in [3.05, 3.63) is 70.8 Å². The zero-order chi connectivity index (χ0) is 33.9. The average Bonchev–Trinajstić information content (AvgIpc) is 3.55. The fraction of sp³-hybridized carbons (Fsp3) is 0.579. The second-order valence-electron chi connectivity index (χ2n) is 13.0. The van der Waals surface area contributed by atoms with Gasteiger partial charge < -0.3 is 9.80 Å². The number of nitrogens with zero attached hydrogens (tertiary/aromatic N) is 4. The highest BCUT2D eigenvalue weighted by molar-refractivity contribution is 7.95. The molecule has 1 fully saturated rings. The molecule has 1 N–H and O–H groups in total. The van der Waals surface area contributed by atoms with Gasteiger partial charge in [0.25, 0.3) is 5.91 Å². The highest BCUT2D eigenvalue weighted by Gasteiger charge is 2.38. The van der Waals surface area contributed by atoms with Gasteiger partial charge in [0.15, 0.2) is 0 Å². The highest BCUT2D eigenvalue weighted by Crippen LogP contribution is 2.45. The molecule has 254 valence electrons. The molecule has 1 aliphatic heterocycles. The van der Waals surface area contributed by atoms with E-state index >= 15 is 0 Å². The zero-order valence-corrected chi connectivity index (χ0v) is 30.8. The SMILES string of the molecule is CCCC(CC)C(C)(Cc1ccccc1/C=C/C(=O)N1CCC(N(CC)CC)C1)c1ccc(C(=O)NSN(C)C)cc1N(C)CC. The van der Waals surface area contributed by atoms with Crippen molar-refractivity contribution in [2.75, 3.05) is 58.8 Å². The summed E-state index contributed by atoms with van der Waals surface area (Å²) in [5, 5.41) is 0. The molecule has 46 heavy (non-hydrogen) atoms. The molecule has 3 rings (SSSR count). The molecule has 0 radical (unpaired) electrons. The fourth-order valence-electron chi connectivity index (χ4n) is 7.11. The topological polar surface area (TPSA) is 59.1 Å². The predicted octanol–water partition coefficient (Wildman–Crippen LogP) is 7.28. The van der Waals surface area contributed by atoms with Crippen LogP contribution in [0.1, 0.15) is 94.3 Å². The quantitative estimate of drug-likeness (QED) is 0.144. The Morgan fingerprint density at radius 1 is 1.04 bits per heavy atom. The minimum absolute atomic E-state index is 0.0952. The number of anilines is 1. The van der Waals surface area contributed by atoms with E-state index in [-0.39, 0.29) is 17.2 Å². The Morgan fingerprint density at radius 3 is 2.39 bits per heavy atom. The number of carbonyl (C=O) groups excluding carboxylic acids is 2. The number of likely N-dealkylation sites (N-methyl/N-ethyl adjacent to an activating group) is 1. The lowest BCUT2D eigenvalue weighted by Gasteiger charge is -2.41. The molecular formula is C38H59N5O2S. The average molecular weight is 650 g/mol. The first-order valence-electron chi connectivity index (χ1n) is 17.3. The molecule has 1 saturated heterocycles. The smallest absolute Gasteiger partial charge is 0.262 e. The molecule has 3 atom stereocenters. The lowest BCUT2D eigenvalue weighted by molar-refractivity contribution is -0.125. The van der Waals surface area contributed by atoms with Crippen molar-refractivity contribution in [2.24, 2.45) is 5.92 Å². The van der Waals surface area contributed by atoms with E-state index in [2.05, 4.69) is 99.5 Å². The summed E-state index contributed by atoms with van der Waals surface area (Å²) in [6.45, 7) is 18.0. The molecule has 0 bridgehead atoms. The monoisotopic (exact) mass is 649 g/mol. The number of amides is 2. The van der Waals surface area contributed by atoms with Gasteiger partial charge in [0.05, 0.1) is 0 Å². The minimum Gasteiger partial charge on any atom is -0.375 e. The Balaban J connectivity index is 1.99. The van der Waals surface area contributed by atoms with Crippen LogP contribution in [0.4, 0.5) is 5.69 Å². The van der Waals surface area contributed by atoms with Gasteiger partial charge >= 0.3 is 0 Å². The van der Waals surface area contributed by atoms with Gasteiger partial charge in [-0.2, -0.15) is 0 Å². The van der Waals surface area contributed by atoms with Crippen LogP contribution in [0.25, 0.3) is 6.08 Å². The van der Waals surface area contributed by atoms with Crippen LogP contribution in [0.15, 0.2) is 48.5 Å². The van der Waals surface area contributed by atoms with Crippen molar-refractivity contribution >= 4 is 35.7 Å². The molecule has 7 nitrogen and oxygen atoms in total. The van der Waals surface area contributed by atoms with Crippen LogP contribution in [-0.4, -0.2) is 85.8 Å². The summed E-state index contributed by atoms with van der Waals surface area (Å²) in [6, 6.07) is 15.2. The Morgan fingerprint density at radius 2 is 1.76 bits per heavy atom. The number of likely N-dealkylation sites (tertiary alicyclic amines) is 1. The van der Waals surface area contributed by atoms with Crippen LogP contribution >= 0.6 is 12.1 Å². The van der Waals surface area contributed by atoms with Gasteiger partial charge in [-0.25, -0.2) is 4.31 Å². The first-order valence-corrected chi connectivity index (χ1v) is 18.1. The maximum absolute atomic E-state index is 13.3. The summed E-state index contributed by atoms with van der Waals surface area (Å²) < 4.78 is 4.81. The largest absolute Gasteiger partial charge is 0.375 e. The highest BCUT2D eigenvalue weighted by atomic mass is 32.2. The molecule has 3 unspecified atom stereocenters. The number of carbonyl (C=O) groups is 2. The molecule has 2 amide bonds. The van der Waals surface area contributed by atoms with Crippen LogP contribution in [0.2, 0.25) is 0 Å². The van der Waals surface area contributed by atoms with E-state index in [1.165, 1.54) is 23.3 Å². The number of hydrogen-bond acceptors (Lipinski definition) is 6. The summed E-state index contributed by atoms with van der Waals surface area (Å²) in [7, 11) is 5.93. The molecule has 1 heterocycles. The Hall–Kier alpha value is -2.81. The van der Waals surface area contributed by atoms with E-state index in [1.54, 1.807) is 6.08 Å². The van der Waals surface area contributed by atoms with Crippen molar-refractivity contribution in [3.8, 4) is 0 Å². The van der Waals surface area contributed by atoms with Crippen molar-refractivity contribution in [2.45, 2.75) is 85.1 Å². The number of nitrogens with one attached hydrogen (secondary N) is 1. The van der Waals surface area contributed by atoms with Gasteiger partial charge in [0, 0.05) is 67.6 Å². The lowest BCUT2D eigenvalue weighted by Crippen LogP contribution is -2.38. The van der Waals surface area contributed by atoms with Gasteiger partial charge in [-0.15, -0.1) is 0 Å². The fourth-order valence-corrected chi connectivity index (χ4v) is 7.50. The van der Waals surface area contributed by atoms with Crippen molar-refractivity contribution < 1.29 is 9.59 Å². The van der Waals surface area contributed by atoms with Crippen LogP contribution in [0, 0.1) is 5.92 Å². The third-order valence-electron chi connectivity index (χ3n) is 9.93. The summed E-state index contributed by atoms with van der Waals surface area (Å²) in [5.74, 6) is 0.434. The Labute approximate surface area is 284 Å². The summed E-state index contributed by atoms with van der Waals surface area (Å²) in [5.41, 5.74) is 5.16. The molecule has 0 aromatic heterocycles. The maximum atomic E-state index is 13.3. The van der Waals surface area contributed by atoms with E-state index in [4.69, 9.17) is 0 Å². The van der Waals surface area contributed by atoms with Crippen LogP contribution in [-0.2, 0) is 16.6 Å². The minimum atomic E-state index is -0.198. The van der Waals surface area contributed by atoms with Gasteiger partial charge in [0.2, 0.25) is 5.91 Å². The first kappa shape index (κ1) is 37.6. The normalized spacial score (nSPS) is 17.1. The summed E-state index contributed by atoms with van der Waals surface area (Å²) in [6.07, 6.45) is 8.95. The van der Waals surface area contributed by atoms with Gasteiger partial charge in [-0.05, 0) is 94.2 Å². The molecule has 0 saturated carbocycles. The van der Waals surface area contributed by atoms with E-state index in [1.807, 2.05) is 35.4 Å². The van der Waals surface area contributed by atoms with Crippen LogP contribution in [0.3, 0.4) is 0 Å². The van der Waals surface area contributed by atoms with E-state index in [0.29, 0.717) is 17.5 Å². The third kappa shape index (κ3) is 9.39. The Kier molecular flexibility index (Phi) is 14.7. The zero-order valence-electron chi connectivity index (χ0n) is 29.9. The maximum Gasteiger partial charge on any atom is 0.262 e. The predicted molar refractivity (Wildman–Crippen MR) is 197 cm³/mol. The molecule has 1 aliphatic rings. The van der Waals surface area contributed by atoms with Crippen LogP contribution in [0.5, 0.6) is 0 Å². The van der Waals surface area contributed by atoms with Crippen LogP contribution < -0.4 is 9.62 Å². The molecule has 0 aliphatic carbocycles. The third-order valence-corrected chi connectivity index (χ3v) is 10.6. The molecule has 0 spiro atoms. The molecule has 2 aromatic rings. The molecular weight excluding hydrogens is 591 g/mol. The van der Waals surface area contributed by atoms with Crippen molar-refractivity contribution in [3.63, 3.8) is 0 Å². The molecule has 8 heteroatoms. The number of hydrogen-bond donors (Lipinski definition) is 1. The van der Waals surface area contributed by atoms with Gasteiger partial charge in [-0.1, -0.05) is 77.8 Å². The first-order chi connectivity index (χ1) is 22.0. The standard InChI is InChI=1S/C38H59N5O2S/c1-10-17-32(11-2)38(6,34-22-20-30(26-35(34)41(9)12-3)37(45)39-46-40(7)8)27-31-19-16-15-18-29(31)21-23-36(44)43-25-24-33(28-43)42(13-4)14-5/h15-16,18-23,26,32-33H,10-14,17,24-25,27-28H2,1-9H3,(H,39,45)/b23-21+. The summed E-state index contributed by atoms with van der Waals surface area (Å²) in [4.78, 5) is 33.1. The Bertz CT molecular complexity index is 1310. The van der Waals surface area contributed by atoms with Crippen molar-refractivity contribution in [1.82, 2.24) is 18.8 Å². The van der Waals surface area contributed by atoms with E-state index in [0.717, 1.165) is 76.1 Å². The van der Waals surface area contributed by atoms with Crippen molar-refractivity contribution in [1.29, 1.82) is 0 Å². The second kappa shape index (κ2) is 17.9. The van der Waals surface area contributed by atoms with Gasteiger partial charge in [-0.3, -0.25) is 19.2 Å². The molecule has 2 aromatic carbocycles. The van der Waals surface area contributed by atoms with E-state index in [9.17, 15) is 9.59 Å². The number of rotatable bonds is 17. The van der Waals surface area contributed by atoms with Gasteiger partial charge in [0.1, 0.15) is 0 Å². The number of benzene rings is 2. The van der Waals surface area contributed by atoms with E-state index < -0.39 is 0 Å². The lowest BCUT2D eigenvalue weighted by atomic mass is 9.64. The second-order valence-corrected chi connectivity index (χ2v) is 14.2.